The summed E-state index contributed by atoms with van der Waals surface area (Å²) in [7, 11) is 0. The van der Waals surface area contributed by atoms with Gasteiger partial charge < -0.3 is 10.6 Å². The van der Waals surface area contributed by atoms with Crippen LogP contribution in [0.25, 0.3) is 0 Å². The van der Waals surface area contributed by atoms with E-state index >= 15 is 0 Å². The van der Waals surface area contributed by atoms with Crippen molar-refractivity contribution in [3.05, 3.63) is 68.6 Å². The van der Waals surface area contributed by atoms with Crippen molar-refractivity contribution in [2.24, 2.45) is 0 Å². The summed E-state index contributed by atoms with van der Waals surface area (Å²) >= 11 is 6.72. The van der Waals surface area contributed by atoms with E-state index in [-0.39, 0.29) is 11.8 Å². The van der Waals surface area contributed by atoms with Gasteiger partial charge in [0.1, 0.15) is 0 Å². The molecular weight excluding hydrogens is 472 g/mol. The summed E-state index contributed by atoms with van der Waals surface area (Å²) in [5.41, 5.74) is 1.36. The highest BCUT2D eigenvalue weighted by Crippen LogP contribution is 2.11. The average Bonchev–Trinajstić information content (AvgIpc) is 2.67. The van der Waals surface area contributed by atoms with Gasteiger partial charge in [-0.15, -0.1) is 0 Å². The van der Waals surface area contributed by atoms with Crippen LogP contribution < -0.4 is 10.6 Å². The SMILES string of the molecule is O=C(NCCCCCCCNC(=O)c1ccc(Br)cc1)c1ccc(Br)cc1. The second-order valence-corrected chi connectivity index (χ2v) is 8.12. The molecule has 2 rings (SSSR count). The molecule has 0 fully saturated rings. The van der Waals surface area contributed by atoms with Crippen LogP contribution in [0.5, 0.6) is 0 Å². The first-order valence-electron chi connectivity index (χ1n) is 9.14. The minimum Gasteiger partial charge on any atom is -0.352 e. The minimum absolute atomic E-state index is 0.0295. The van der Waals surface area contributed by atoms with Crippen LogP contribution >= 0.6 is 31.9 Å². The van der Waals surface area contributed by atoms with E-state index in [1.165, 1.54) is 0 Å². The van der Waals surface area contributed by atoms with Crippen molar-refractivity contribution in [3.63, 3.8) is 0 Å². The van der Waals surface area contributed by atoms with E-state index < -0.39 is 0 Å². The highest BCUT2D eigenvalue weighted by Gasteiger charge is 2.05. The van der Waals surface area contributed by atoms with Crippen molar-refractivity contribution < 1.29 is 9.59 Å². The smallest absolute Gasteiger partial charge is 0.251 e. The Kier molecular flexibility index (Phi) is 9.56. The highest BCUT2D eigenvalue weighted by molar-refractivity contribution is 9.10. The molecule has 27 heavy (non-hydrogen) atoms. The fourth-order valence-electron chi connectivity index (χ4n) is 2.59. The number of halogens is 2. The number of unbranched alkanes of at least 4 members (excludes halogenated alkanes) is 4. The Morgan fingerprint density at radius 2 is 0.926 bits per heavy atom. The van der Waals surface area contributed by atoms with Gasteiger partial charge in [-0.1, -0.05) is 51.1 Å². The van der Waals surface area contributed by atoms with Gasteiger partial charge in [0.25, 0.3) is 11.8 Å². The normalized spacial score (nSPS) is 10.4. The van der Waals surface area contributed by atoms with E-state index in [1.54, 1.807) is 0 Å². The Bertz CT molecular complexity index is 667. The molecule has 0 aromatic heterocycles. The number of nitrogens with one attached hydrogen (secondary N) is 2. The number of benzene rings is 2. The molecule has 0 radical (unpaired) electrons. The van der Waals surface area contributed by atoms with E-state index in [2.05, 4.69) is 42.5 Å². The molecule has 0 unspecified atom stereocenters. The zero-order chi connectivity index (χ0) is 19.5. The molecule has 0 aliphatic carbocycles. The quantitative estimate of drug-likeness (QED) is 0.438. The first-order chi connectivity index (χ1) is 13.1. The lowest BCUT2D eigenvalue weighted by Crippen LogP contribution is -2.24. The van der Waals surface area contributed by atoms with Crippen LogP contribution in [0.2, 0.25) is 0 Å². The summed E-state index contributed by atoms with van der Waals surface area (Å²) < 4.78 is 1.93. The van der Waals surface area contributed by atoms with Crippen LogP contribution in [0.4, 0.5) is 0 Å². The molecular formula is C21H24Br2N2O2. The topological polar surface area (TPSA) is 58.2 Å². The van der Waals surface area contributed by atoms with Gasteiger partial charge in [0.15, 0.2) is 0 Å². The summed E-state index contributed by atoms with van der Waals surface area (Å²) in [6.45, 7) is 1.38. The van der Waals surface area contributed by atoms with E-state index in [4.69, 9.17) is 0 Å². The zero-order valence-corrected chi connectivity index (χ0v) is 18.3. The Morgan fingerprint density at radius 3 is 1.30 bits per heavy atom. The average molecular weight is 496 g/mol. The standard InChI is InChI=1S/C21H24Br2N2O2/c22-18-10-6-16(7-11-18)20(26)24-14-4-2-1-3-5-15-25-21(27)17-8-12-19(23)13-9-17/h6-13H,1-5,14-15H2,(H,24,26)(H,25,27). The highest BCUT2D eigenvalue weighted by atomic mass is 79.9. The molecule has 2 aromatic rings. The summed E-state index contributed by atoms with van der Waals surface area (Å²) in [5, 5.41) is 5.89. The molecule has 2 amide bonds. The van der Waals surface area contributed by atoms with Gasteiger partial charge in [0.05, 0.1) is 0 Å². The monoisotopic (exact) mass is 494 g/mol. The number of carbonyl (C=O) groups is 2. The fourth-order valence-corrected chi connectivity index (χ4v) is 3.12. The van der Waals surface area contributed by atoms with Crippen molar-refractivity contribution >= 4 is 43.7 Å². The van der Waals surface area contributed by atoms with Gasteiger partial charge in [-0.05, 0) is 61.4 Å². The lowest BCUT2D eigenvalue weighted by atomic mass is 10.1. The predicted octanol–water partition coefficient (Wildman–Crippen LogP) is 5.32. The number of hydrogen-bond donors (Lipinski definition) is 2. The van der Waals surface area contributed by atoms with Crippen LogP contribution in [-0.2, 0) is 0 Å². The first kappa shape index (κ1) is 21.6. The Hall–Kier alpha value is -1.66. The molecule has 0 atom stereocenters. The number of hydrogen-bond acceptors (Lipinski definition) is 2. The van der Waals surface area contributed by atoms with Crippen LogP contribution in [0.1, 0.15) is 52.8 Å². The second-order valence-electron chi connectivity index (χ2n) is 6.29. The van der Waals surface area contributed by atoms with Gasteiger partial charge in [0.2, 0.25) is 0 Å². The van der Waals surface area contributed by atoms with Crippen molar-refractivity contribution in [1.82, 2.24) is 10.6 Å². The first-order valence-corrected chi connectivity index (χ1v) is 10.7. The Morgan fingerprint density at radius 1 is 0.593 bits per heavy atom. The van der Waals surface area contributed by atoms with Crippen molar-refractivity contribution in [2.45, 2.75) is 32.1 Å². The summed E-state index contributed by atoms with van der Waals surface area (Å²) in [6.07, 6.45) is 5.17. The van der Waals surface area contributed by atoms with Crippen LogP contribution in [0, 0.1) is 0 Å². The molecule has 6 heteroatoms. The van der Waals surface area contributed by atoms with E-state index in [0.717, 1.165) is 41.0 Å². The van der Waals surface area contributed by atoms with Crippen LogP contribution in [0.3, 0.4) is 0 Å². The summed E-state index contributed by atoms with van der Waals surface area (Å²) in [5.74, 6) is -0.0590. The molecule has 2 aromatic carbocycles. The third-order valence-corrected chi connectivity index (χ3v) is 5.19. The molecule has 2 N–H and O–H groups in total. The molecule has 0 aliphatic heterocycles. The predicted molar refractivity (Wildman–Crippen MR) is 116 cm³/mol. The van der Waals surface area contributed by atoms with Crippen molar-refractivity contribution in [3.8, 4) is 0 Å². The number of carbonyl (C=O) groups excluding carboxylic acids is 2. The Labute approximate surface area is 177 Å². The molecule has 4 nitrogen and oxygen atoms in total. The molecule has 0 saturated heterocycles. The minimum atomic E-state index is -0.0295. The zero-order valence-electron chi connectivity index (χ0n) is 15.1. The molecule has 0 aliphatic rings. The maximum Gasteiger partial charge on any atom is 0.251 e. The maximum absolute atomic E-state index is 12.0. The number of amides is 2. The van der Waals surface area contributed by atoms with Gasteiger partial charge in [0, 0.05) is 33.2 Å². The fraction of sp³-hybridized carbons (Fsp3) is 0.333. The van der Waals surface area contributed by atoms with Gasteiger partial charge in [-0.2, -0.15) is 0 Å². The Balaban J connectivity index is 1.47. The van der Waals surface area contributed by atoms with Crippen molar-refractivity contribution in [1.29, 1.82) is 0 Å². The van der Waals surface area contributed by atoms with Crippen molar-refractivity contribution in [2.75, 3.05) is 13.1 Å². The molecule has 144 valence electrons. The molecule has 0 saturated carbocycles. The van der Waals surface area contributed by atoms with E-state index in [1.807, 2.05) is 48.5 Å². The third-order valence-electron chi connectivity index (χ3n) is 4.14. The van der Waals surface area contributed by atoms with Gasteiger partial charge in [-0.3, -0.25) is 9.59 Å². The molecule has 0 spiro atoms. The van der Waals surface area contributed by atoms with Crippen LogP contribution in [-0.4, -0.2) is 24.9 Å². The summed E-state index contributed by atoms with van der Waals surface area (Å²) in [4.78, 5) is 23.9. The molecule has 0 heterocycles. The third kappa shape index (κ3) is 8.26. The molecule has 0 bridgehead atoms. The van der Waals surface area contributed by atoms with E-state index in [0.29, 0.717) is 24.2 Å². The number of rotatable bonds is 10. The summed E-state index contributed by atoms with van der Waals surface area (Å²) in [6, 6.07) is 14.7. The van der Waals surface area contributed by atoms with Crippen LogP contribution in [0.15, 0.2) is 57.5 Å². The van der Waals surface area contributed by atoms with Gasteiger partial charge >= 0.3 is 0 Å². The lowest BCUT2D eigenvalue weighted by Gasteiger charge is -2.07. The van der Waals surface area contributed by atoms with E-state index in [9.17, 15) is 9.59 Å². The van der Waals surface area contributed by atoms with Gasteiger partial charge in [-0.25, -0.2) is 0 Å². The largest absolute Gasteiger partial charge is 0.352 e. The second kappa shape index (κ2) is 11.9. The maximum atomic E-state index is 12.0. The lowest BCUT2D eigenvalue weighted by molar-refractivity contribution is 0.0945.